The summed E-state index contributed by atoms with van der Waals surface area (Å²) in [4.78, 5) is 13.9. The molecule has 2 aliphatic rings. The molecule has 0 spiro atoms. The standard InChI is InChI=1S/C17H24N2O4S/c1-13-5-3-9-18(12-13)24(21,22)14-7-8-16(23-2)15(11-14)19-10-4-6-17(19)20/h7-8,11,13H,3-6,9-10,12H2,1-2H3. The number of hydrogen-bond donors (Lipinski definition) is 0. The zero-order valence-corrected chi connectivity index (χ0v) is 15.0. The van der Waals surface area contributed by atoms with E-state index >= 15 is 0 Å². The van der Waals surface area contributed by atoms with Crippen LogP contribution in [0.1, 0.15) is 32.6 Å². The third-order valence-corrected chi connectivity index (χ3v) is 6.63. The van der Waals surface area contributed by atoms with Gasteiger partial charge in [-0.05, 0) is 43.4 Å². The Kier molecular flexibility index (Phi) is 4.83. The molecule has 2 aliphatic heterocycles. The molecule has 3 rings (SSSR count). The zero-order valence-electron chi connectivity index (χ0n) is 14.2. The van der Waals surface area contributed by atoms with Gasteiger partial charge in [-0.25, -0.2) is 8.42 Å². The summed E-state index contributed by atoms with van der Waals surface area (Å²) < 4.78 is 32.8. The Bertz CT molecular complexity index is 732. The zero-order chi connectivity index (χ0) is 17.3. The molecule has 0 radical (unpaired) electrons. The normalized spacial score (nSPS) is 22.8. The number of carbonyl (C=O) groups excluding carboxylic acids is 1. The van der Waals surface area contributed by atoms with Gasteiger partial charge in [-0.2, -0.15) is 4.31 Å². The van der Waals surface area contributed by atoms with Gasteiger partial charge >= 0.3 is 0 Å². The van der Waals surface area contributed by atoms with Crippen LogP contribution >= 0.6 is 0 Å². The summed E-state index contributed by atoms with van der Waals surface area (Å²) in [5, 5.41) is 0. The van der Waals surface area contributed by atoms with Crippen LogP contribution in [0.3, 0.4) is 0 Å². The third kappa shape index (κ3) is 3.15. The number of piperidine rings is 1. The lowest BCUT2D eigenvalue weighted by Crippen LogP contribution is -2.39. The molecule has 2 saturated heterocycles. The second kappa shape index (κ2) is 6.72. The van der Waals surface area contributed by atoms with Gasteiger partial charge in [0, 0.05) is 26.1 Å². The maximum atomic E-state index is 13.0. The van der Waals surface area contributed by atoms with Gasteiger partial charge in [-0.3, -0.25) is 4.79 Å². The van der Waals surface area contributed by atoms with Gasteiger partial charge in [0.15, 0.2) is 0 Å². The van der Waals surface area contributed by atoms with E-state index in [9.17, 15) is 13.2 Å². The van der Waals surface area contributed by atoms with Gasteiger partial charge in [-0.1, -0.05) is 6.92 Å². The van der Waals surface area contributed by atoms with E-state index in [1.54, 1.807) is 27.4 Å². The highest BCUT2D eigenvalue weighted by Gasteiger charge is 2.31. The smallest absolute Gasteiger partial charge is 0.243 e. The summed E-state index contributed by atoms with van der Waals surface area (Å²) in [7, 11) is -2.02. The van der Waals surface area contributed by atoms with Crippen molar-refractivity contribution in [3.8, 4) is 5.75 Å². The quantitative estimate of drug-likeness (QED) is 0.833. The van der Waals surface area contributed by atoms with Crippen molar-refractivity contribution in [2.75, 3.05) is 31.6 Å². The first-order chi connectivity index (χ1) is 11.4. The highest BCUT2D eigenvalue weighted by atomic mass is 32.2. The molecule has 0 N–H and O–H groups in total. The van der Waals surface area contributed by atoms with E-state index in [1.807, 2.05) is 0 Å². The van der Waals surface area contributed by atoms with Crippen molar-refractivity contribution in [3.63, 3.8) is 0 Å². The lowest BCUT2D eigenvalue weighted by Gasteiger charge is -2.30. The summed E-state index contributed by atoms with van der Waals surface area (Å²) in [6.45, 7) is 3.77. The number of anilines is 1. The molecule has 7 heteroatoms. The van der Waals surface area contributed by atoms with E-state index in [2.05, 4.69) is 6.92 Å². The van der Waals surface area contributed by atoms with Crippen LogP contribution in [-0.2, 0) is 14.8 Å². The second-order valence-corrected chi connectivity index (χ2v) is 8.53. The molecule has 1 aromatic rings. The summed E-state index contributed by atoms with van der Waals surface area (Å²) in [5.41, 5.74) is 0.547. The first kappa shape index (κ1) is 17.2. The van der Waals surface area contributed by atoms with Crippen LogP contribution in [-0.4, -0.2) is 45.4 Å². The van der Waals surface area contributed by atoms with Crippen LogP contribution < -0.4 is 9.64 Å². The van der Waals surface area contributed by atoms with Crippen molar-refractivity contribution in [1.82, 2.24) is 4.31 Å². The van der Waals surface area contributed by atoms with E-state index in [-0.39, 0.29) is 10.8 Å². The number of sulfonamides is 1. The maximum absolute atomic E-state index is 13.0. The lowest BCUT2D eigenvalue weighted by molar-refractivity contribution is -0.117. The molecule has 1 amide bonds. The van der Waals surface area contributed by atoms with Crippen molar-refractivity contribution in [2.24, 2.45) is 5.92 Å². The fraction of sp³-hybridized carbons (Fsp3) is 0.588. The average Bonchev–Trinajstić information content (AvgIpc) is 3.00. The van der Waals surface area contributed by atoms with E-state index in [0.29, 0.717) is 43.4 Å². The Morgan fingerprint density at radius 2 is 2.00 bits per heavy atom. The third-order valence-electron chi connectivity index (χ3n) is 4.77. The first-order valence-electron chi connectivity index (χ1n) is 8.42. The molecule has 1 atom stereocenters. The van der Waals surface area contributed by atoms with Crippen molar-refractivity contribution in [3.05, 3.63) is 18.2 Å². The van der Waals surface area contributed by atoms with Gasteiger partial charge in [0.1, 0.15) is 5.75 Å². The molecule has 132 valence electrons. The number of benzene rings is 1. The van der Waals surface area contributed by atoms with Crippen molar-refractivity contribution in [2.45, 2.75) is 37.5 Å². The van der Waals surface area contributed by atoms with Crippen LogP contribution in [0.15, 0.2) is 23.1 Å². The molecule has 2 fully saturated rings. The minimum Gasteiger partial charge on any atom is -0.495 e. The number of nitrogens with zero attached hydrogens (tertiary/aromatic N) is 2. The number of hydrogen-bond acceptors (Lipinski definition) is 4. The fourth-order valence-electron chi connectivity index (χ4n) is 3.46. The molecule has 2 heterocycles. The molecule has 1 aromatic carbocycles. The second-order valence-electron chi connectivity index (χ2n) is 6.59. The van der Waals surface area contributed by atoms with Gasteiger partial charge in [0.2, 0.25) is 15.9 Å². The van der Waals surface area contributed by atoms with Gasteiger partial charge in [-0.15, -0.1) is 0 Å². The Balaban J connectivity index is 1.97. The summed E-state index contributed by atoms with van der Waals surface area (Å²) in [6.07, 6.45) is 3.21. The van der Waals surface area contributed by atoms with E-state index in [4.69, 9.17) is 4.74 Å². The Morgan fingerprint density at radius 3 is 2.62 bits per heavy atom. The summed E-state index contributed by atoms with van der Waals surface area (Å²) in [6, 6.07) is 4.79. The first-order valence-corrected chi connectivity index (χ1v) is 9.86. The van der Waals surface area contributed by atoms with Crippen LogP contribution in [0.25, 0.3) is 0 Å². The SMILES string of the molecule is COc1ccc(S(=O)(=O)N2CCCC(C)C2)cc1N1CCCC1=O. The lowest BCUT2D eigenvalue weighted by atomic mass is 10.0. The molecular formula is C17H24N2O4S. The number of amides is 1. The van der Waals surface area contributed by atoms with E-state index in [1.165, 1.54) is 7.11 Å². The van der Waals surface area contributed by atoms with Crippen LogP contribution in [0, 0.1) is 5.92 Å². The molecule has 24 heavy (non-hydrogen) atoms. The van der Waals surface area contributed by atoms with Crippen LogP contribution in [0.2, 0.25) is 0 Å². The Morgan fingerprint density at radius 1 is 1.21 bits per heavy atom. The average molecular weight is 352 g/mol. The van der Waals surface area contributed by atoms with Crippen molar-refractivity contribution in [1.29, 1.82) is 0 Å². The minimum absolute atomic E-state index is 0.00874. The minimum atomic E-state index is -3.55. The molecular weight excluding hydrogens is 328 g/mol. The topological polar surface area (TPSA) is 66.9 Å². The predicted octanol–water partition coefficient (Wildman–Crippen LogP) is 2.24. The van der Waals surface area contributed by atoms with Gasteiger partial charge in [0.05, 0.1) is 17.7 Å². The number of methoxy groups -OCH3 is 1. The molecule has 0 aromatic heterocycles. The van der Waals surface area contributed by atoms with Gasteiger partial charge in [0.25, 0.3) is 0 Å². The maximum Gasteiger partial charge on any atom is 0.243 e. The van der Waals surface area contributed by atoms with Crippen molar-refractivity contribution >= 4 is 21.6 Å². The van der Waals surface area contributed by atoms with E-state index in [0.717, 1.165) is 19.3 Å². The van der Waals surface area contributed by atoms with Crippen molar-refractivity contribution < 1.29 is 17.9 Å². The number of carbonyl (C=O) groups is 1. The highest BCUT2D eigenvalue weighted by Crippen LogP contribution is 2.35. The van der Waals surface area contributed by atoms with Crippen LogP contribution in [0.5, 0.6) is 5.75 Å². The molecule has 0 saturated carbocycles. The molecule has 0 bridgehead atoms. The molecule has 6 nitrogen and oxygen atoms in total. The van der Waals surface area contributed by atoms with Crippen LogP contribution in [0.4, 0.5) is 5.69 Å². The number of rotatable bonds is 4. The Labute approximate surface area is 143 Å². The molecule has 0 aliphatic carbocycles. The Hall–Kier alpha value is -1.60. The molecule has 1 unspecified atom stereocenters. The predicted molar refractivity (Wildman–Crippen MR) is 91.7 cm³/mol. The fourth-order valence-corrected chi connectivity index (χ4v) is 5.08. The highest BCUT2D eigenvalue weighted by molar-refractivity contribution is 7.89. The largest absolute Gasteiger partial charge is 0.495 e. The van der Waals surface area contributed by atoms with E-state index < -0.39 is 10.0 Å². The summed E-state index contributed by atoms with van der Waals surface area (Å²) in [5.74, 6) is 0.900. The summed E-state index contributed by atoms with van der Waals surface area (Å²) >= 11 is 0. The number of ether oxygens (including phenoxy) is 1. The monoisotopic (exact) mass is 352 g/mol. The van der Waals surface area contributed by atoms with Gasteiger partial charge < -0.3 is 9.64 Å².